The SMILES string of the molecule is CCCCCC1CSB([C@H]2CC[C@H](C(=O)OC3CCC(CCC)CC3)CC2)SC1. The van der Waals surface area contributed by atoms with Crippen molar-refractivity contribution in [1.29, 1.82) is 0 Å². The molecule has 1 heterocycles. The van der Waals surface area contributed by atoms with Gasteiger partial charge in [0.25, 0.3) is 5.27 Å². The van der Waals surface area contributed by atoms with Crippen molar-refractivity contribution in [3.05, 3.63) is 0 Å². The highest BCUT2D eigenvalue weighted by molar-refractivity contribution is 8.54. The number of hydrogen-bond acceptors (Lipinski definition) is 4. The molecule has 2 saturated carbocycles. The third-order valence-electron chi connectivity index (χ3n) is 7.47. The van der Waals surface area contributed by atoms with Crippen molar-refractivity contribution in [3.63, 3.8) is 0 Å². The van der Waals surface area contributed by atoms with Gasteiger partial charge < -0.3 is 4.74 Å². The average Bonchev–Trinajstić information content (AvgIpc) is 2.76. The second-order valence-electron chi connectivity index (χ2n) is 9.88. The molecule has 0 N–H and O–H groups in total. The van der Waals surface area contributed by atoms with E-state index in [2.05, 4.69) is 37.1 Å². The van der Waals surface area contributed by atoms with Gasteiger partial charge in [-0.15, -0.1) is 0 Å². The summed E-state index contributed by atoms with van der Waals surface area (Å²) in [6.45, 7) is 4.57. The van der Waals surface area contributed by atoms with Gasteiger partial charge in [0.2, 0.25) is 0 Å². The lowest BCUT2D eigenvalue weighted by molar-refractivity contribution is -0.157. The Morgan fingerprint density at radius 2 is 1.52 bits per heavy atom. The van der Waals surface area contributed by atoms with E-state index >= 15 is 0 Å². The number of ether oxygens (including phenoxy) is 1. The maximum Gasteiger partial charge on any atom is 0.309 e. The Hall–Kier alpha value is 0.235. The Morgan fingerprint density at radius 1 is 0.828 bits per heavy atom. The minimum atomic E-state index is 0.127. The fourth-order valence-corrected chi connectivity index (χ4v) is 9.10. The summed E-state index contributed by atoms with van der Waals surface area (Å²) in [5.41, 5.74) is 0. The molecule has 3 aliphatic rings. The third kappa shape index (κ3) is 7.70. The molecule has 0 atom stereocenters. The lowest BCUT2D eigenvalue weighted by atomic mass is 9.70. The van der Waals surface area contributed by atoms with Gasteiger partial charge in [-0.3, -0.25) is 4.79 Å². The summed E-state index contributed by atoms with van der Waals surface area (Å²) in [4.78, 5) is 12.7. The van der Waals surface area contributed by atoms with Crippen molar-refractivity contribution < 1.29 is 9.53 Å². The van der Waals surface area contributed by atoms with Crippen LogP contribution in [0.3, 0.4) is 0 Å². The zero-order valence-electron chi connectivity index (χ0n) is 18.9. The van der Waals surface area contributed by atoms with Crippen LogP contribution >= 0.6 is 23.2 Å². The molecule has 0 aromatic heterocycles. The smallest absolute Gasteiger partial charge is 0.309 e. The molecule has 29 heavy (non-hydrogen) atoms. The second-order valence-corrected chi connectivity index (χ2v) is 12.5. The molecule has 0 unspecified atom stereocenters. The molecule has 166 valence electrons. The van der Waals surface area contributed by atoms with Gasteiger partial charge in [0.1, 0.15) is 6.10 Å². The highest BCUT2D eigenvalue weighted by atomic mass is 32.2. The number of hydrogen-bond donors (Lipinski definition) is 0. The molecule has 2 aliphatic carbocycles. The zero-order chi connectivity index (χ0) is 20.5. The van der Waals surface area contributed by atoms with Crippen molar-refractivity contribution >= 4 is 34.5 Å². The van der Waals surface area contributed by atoms with Gasteiger partial charge in [-0.2, -0.15) is 23.2 Å². The Labute approximate surface area is 188 Å². The first-order valence-electron chi connectivity index (χ1n) is 12.6. The highest BCUT2D eigenvalue weighted by Gasteiger charge is 2.37. The van der Waals surface area contributed by atoms with Gasteiger partial charge in [-0.05, 0) is 74.1 Å². The Balaban J connectivity index is 1.31. The van der Waals surface area contributed by atoms with Crippen LogP contribution < -0.4 is 0 Å². The van der Waals surface area contributed by atoms with Crippen molar-refractivity contribution in [3.8, 4) is 0 Å². The normalized spacial score (nSPS) is 31.6. The van der Waals surface area contributed by atoms with E-state index < -0.39 is 0 Å². The van der Waals surface area contributed by atoms with Crippen LogP contribution in [0.2, 0.25) is 5.82 Å². The molecule has 5 heteroatoms. The van der Waals surface area contributed by atoms with Crippen molar-refractivity contribution in [1.82, 2.24) is 0 Å². The molecule has 3 rings (SSSR count). The molecule has 2 nitrogen and oxygen atoms in total. The molecule has 0 amide bonds. The van der Waals surface area contributed by atoms with Crippen LogP contribution in [0.1, 0.15) is 104 Å². The average molecular weight is 439 g/mol. The quantitative estimate of drug-likeness (QED) is 0.210. The first-order chi connectivity index (χ1) is 14.2. The van der Waals surface area contributed by atoms with Gasteiger partial charge >= 0.3 is 5.97 Å². The Morgan fingerprint density at radius 3 is 2.14 bits per heavy atom. The summed E-state index contributed by atoms with van der Waals surface area (Å²) in [5, 5.41) is 0.781. The lowest BCUT2D eigenvalue weighted by Crippen LogP contribution is -2.32. The minimum Gasteiger partial charge on any atom is -0.462 e. The lowest BCUT2D eigenvalue weighted by Gasteiger charge is -2.35. The maximum absolute atomic E-state index is 12.7. The summed E-state index contributed by atoms with van der Waals surface area (Å²) in [7, 11) is 0. The summed E-state index contributed by atoms with van der Waals surface area (Å²) >= 11 is 4.45. The summed E-state index contributed by atoms with van der Waals surface area (Å²) < 4.78 is 5.95. The Kier molecular flexibility index (Phi) is 10.7. The summed E-state index contributed by atoms with van der Waals surface area (Å²) in [6, 6.07) is 0. The van der Waals surface area contributed by atoms with E-state index in [4.69, 9.17) is 4.74 Å². The van der Waals surface area contributed by atoms with Crippen LogP contribution in [-0.4, -0.2) is 28.8 Å². The van der Waals surface area contributed by atoms with Crippen molar-refractivity contribution in [2.75, 3.05) is 11.5 Å². The van der Waals surface area contributed by atoms with E-state index in [1.165, 1.54) is 75.7 Å². The Bertz CT molecular complexity index is 466. The summed E-state index contributed by atoms with van der Waals surface area (Å²) in [5.74, 6) is 5.67. The van der Waals surface area contributed by atoms with Crippen molar-refractivity contribution in [2.45, 2.75) is 116 Å². The molecule has 3 fully saturated rings. The van der Waals surface area contributed by atoms with E-state index in [1.54, 1.807) is 0 Å². The molecular weight excluding hydrogens is 395 g/mol. The van der Waals surface area contributed by atoms with Crippen LogP contribution in [0.4, 0.5) is 0 Å². The van der Waals surface area contributed by atoms with Crippen LogP contribution in [0.5, 0.6) is 0 Å². The highest BCUT2D eigenvalue weighted by Crippen LogP contribution is 2.46. The first-order valence-corrected chi connectivity index (χ1v) is 14.7. The van der Waals surface area contributed by atoms with Crippen LogP contribution in [0.25, 0.3) is 0 Å². The number of unbranched alkanes of at least 4 members (excludes halogenated alkanes) is 2. The number of esters is 1. The minimum absolute atomic E-state index is 0.127. The third-order valence-corrected chi connectivity index (χ3v) is 11.0. The predicted molar refractivity (Wildman–Crippen MR) is 131 cm³/mol. The van der Waals surface area contributed by atoms with E-state index in [0.717, 1.165) is 48.6 Å². The van der Waals surface area contributed by atoms with Crippen LogP contribution in [-0.2, 0) is 9.53 Å². The van der Waals surface area contributed by atoms with Crippen LogP contribution in [0, 0.1) is 17.8 Å². The van der Waals surface area contributed by atoms with E-state index in [9.17, 15) is 4.79 Å². The monoisotopic (exact) mass is 438 g/mol. The largest absolute Gasteiger partial charge is 0.462 e. The van der Waals surface area contributed by atoms with E-state index in [0.29, 0.717) is 0 Å². The topological polar surface area (TPSA) is 26.3 Å². The van der Waals surface area contributed by atoms with Gasteiger partial charge in [-0.1, -0.05) is 58.8 Å². The first kappa shape index (κ1) is 23.9. The molecule has 1 saturated heterocycles. The second kappa shape index (κ2) is 12.9. The molecule has 0 spiro atoms. The molecule has 0 aromatic rings. The van der Waals surface area contributed by atoms with Gasteiger partial charge in [0.15, 0.2) is 0 Å². The van der Waals surface area contributed by atoms with E-state index in [-0.39, 0.29) is 18.0 Å². The van der Waals surface area contributed by atoms with Gasteiger partial charge in [0, 0.05) is 0 Å². The zero-order valence-corrected chi connectivity index (χ0v) is 20.5. The predicted octanol–water partition coefficient (Wildman–Crippen LogP) is 7.61. The molecule has 1 aliphatic heterocycles. The molecule has 0 radical (unpaired) electrons. The maximum atomic E-state index is 12.7. The molecular formula is C24H43BO2S2. The number of carbonyl (C=O) groups excluding carboxylic acids is 1. The fourth-order valence-electron chi connectivity index (χ4n) is 5.51. The van der Waals surface area contributed by atoms with Crippen molar-refractivity contribution in [2.24, 2.45) is 17.8 Å². The van der Waals surface area contributed by atoms with Gasteiger partial charge in [-0.25, -0.2) is 0 Å². The van der Waals surface area contributed by atoms with E-state index in [1.807, 2.05) is 0 Å². The molecule has 0 aromatic carbocycles. The number of rotatable bonds is 9. The number of carbonyl (C=O) groups is 1. The van der Waals surface area contributed by atoms with Crippen LogP contribution in [0.15, 0.2) is 0 Å². The molecule has 0 bridgehead atoms. The standard InChI is InChI=1S/C24H43BO2S2/c1-3-5-6-8-20-17-28-25(29-18-20)22-13-11-21(12-14-22)24(26)27-23-15-9-19(7-4-2)10-16-23/h19-23H,3-18H2,1-2H3/t19?,21-,22-,23?. The fraction of sp³-hybridized carbons (Fsp3) is 0.958. The van der Waals surface area contributed by atoms with Gasteiger partial charge in [0.05, 0.1) is 5.92 Å². The summed E-state index contributed by atoms with van der Waals surface area (Å²) in [6.07, 6.45) is 17.7.